The molecule has 0 radical (unpaired) electrons. The van der Waals surface area contributed by atoms with E-state index in [2.05, 4.69) is 15.1 Å². The topological polar surface area (TPSA) is 12.9 Å². The van der Waals surface area contributed by atoms with E-state index >= 15 is 0 Å². The van der Waals surface area contributed by atoms with Crippen molar-refractivity contribution in [3.05, 3.63) is 16.5 Å². The van der Waals surface area contributed by atoms with Gasteiger partial charge in [0.25, 0.3) is 0 Å². The molecular weight excluding hydrogens is 150 g/mol. The molecule has 0 saturated heterocycles. The van der Waals surface area contributed by atoms with Crippen LogP contribution < -0.4 is 0 Å². The number of aryl methyl sites for hydroxylation is 1. The predicted octanol–water partition coefficient (Wildman–Crippen LogP) is 2.67. The third-order valence-corrected chi connectivity index (χ3v) is 3.09. The van der Waals surface area contributed by atoms with Crippen LogP contribution in [0.5, 0.6) is 0 Å². The fraction of sp³-hybridized carbons (Fsp3) is 0.167. The van der Waals surface area contributed by atoms with E-state index in [9.17, 15) is 0 Å². The molecule has 0 spiro atoms. The van der Waals surface area contributed by atoms with Crippen LogP contribution in [0, 0.1) is 6.92 Å². The van der Waals surface area contributed by atoms with E-state index in [0.29, 0.717) is 0 Å². The molecule has 2 aromatic heterocycles. The van der Waals surface area contributed by atoms with Gasteiger partial charge in [0.2, 0.25) is 0 Å². The molecule has 0 unspecified atom stereocenters. The van der Waals surface area contributed by atoms with Gasteiger partial charge in [-0.3, -0.25) is 0 Å². The Labute approximate surface area is 61.1 Å². The SMILES string of the molecule is Cc1nsc2cscc12. The van der Waals surface area contributed by atoms with E-state index in [1.807, 2.05) is 6.92 Å². The maximum Gasteiger partial charge on any atom is 0.0659 e. The van der Waals surface area contributed by atoms with Crippen molar-refractivity contribution in [3.63, 3.8) is 0 Å². The van der Waals surface area contributed by atoms with Gasteiger partial charge in [0.1, 0.15) is 0 Å². The molecule has 2 heterocycles. The van der Waals surface area contributed by atoms with Crippen LogP contribution in [0.1, 0.15) is 5.69 Å². The van der Waals surface area contributed by atoms with Crippen LogP contribution in [0.15, 0.2) is 10.8 Å². The number of aromatic nitrogens is 1. The molecule has 0 fully saturated rings. The number of hydrogen-bond acceptors (Lipinski definition) is 3. The number of fused-ring (bicyclic) bond motifs is 1. The Bertz CT molecular complexity index is 320. The molecule has 2 rings (SSSR count). The average molecular weight is 155 g/mol. The molecule has 0 aromatic carbocycles. The van der Waals surface area contributed by atoms with E-state index in [-0.39, 0.29) is 0 Å². The third-order valence-electron chi connectivity index (χ3n) is 1.30. The molecule has 0 aliphatic carbocycles. The van der Waals surface area contributed by atoms with E-state index < -0.39 is 0 Å². The molecule has 46 valence electrons. The Morgan fingerprint density at radius 1 is 1.44 bits per heavy atom. The monoisotopic (exact) mass is 155 g/mol. The second-order valence-electron chi connectivity index (χ2n) is 1.92. The Morgan fingerprint density at radius 3 is 3.11 bits per heavy atom. The molecule has 1 nitrogen and oxygen atoms in total. The van der Waals surface area contributed by atoms with Crippen molar-refractivity contribution >= 4 is 33.0 Å². The van der Waals surface area contributed by atoms with Crippen molar-refractivity contribution < 1.29 is 0 Å². The molecule has 0 N–H and O–H groups in total. The Kier molecular flexibility index (Phi) is 1.07. The molecule has 0 bridgehead atoms. The third kappa shape index (κ3) is 0.686. The van der Waals surface area contributed by atoms with E-state index in [1.165, 1.54) is 10.1 Å². The lowest BCUT2D eigenvalue weighted by Gasteiger charge is -1.73. The lowest BCUT2D eigenvalue weighted by atomic mass is 10.3. The first kappa shape index (κ1) is 5.38. The van der Waals surface area contributed by atoms with Gasteiger partial charge in [-0.05, 0) is 18.5 Å². The number of hydrogen-bond donors (Lipinski definition) is 0. The van der Waals surface area contributed by atoms with Gasteiger partial charge in [-0.1, -0.05) is 0 Å². The minimum absolute atomic E-state index is 1.16. The summed E-state index contributed by atoms with van der Waals surface area (Å²) in [5.74, 6) is 0. The van der Waals surface area contributed by atoms with Crippen LogP contribution in [0.25, 0.3) is 10.1 Å². The summed E-state index contributed by atoms with van der Waals surface area (Å²) in [4.78, 5) is 0. The van der Waals surface area contributed by atoms with E-state index in [4.69, 9.17) is 0 Å². The van der Waals surface area contributed by atoms with Crippen LogP contribution in [0.2, 0.25) is 0 Å². The molecule has 0 amide bonds. The second kappa shape index (κ2) is 1.78. The van der Waals surface area contributed by atoms with Crippen LogP contribution in [-0.2, 0) is 0 Å². The van der Waals surface area contributed by atoms with Gasteiger partial charge in [-0.15, -0.1) is 0 Å². The fourth-order valence-corrected chi connectivity index (χ4v) is 2.59. The van der Waals surface area contributed by atoms with Crippen LogP contribution in [0.3, 0.4) is 0 Å². The molecule has 2 aromatic rings. The molecule has 0 atom stereocenters. The zero-order chi connectivity index (χ0) is 6.27. The summed E-state index contributed by atoms with van der Waals surface area (Å²) < 4.78 is 5.52. The summed E-state index contributed by atoms with van der Waals surface area (Å²) in [5, 5.41) is 5.61. The predicted molar refractivity (Wildman–Crippen MR) is 42.2 cm³/mol. The van der Waals surface area contributed by atoms with Crippen molar-refractivity contribution in [3.8, 4) is 0 Å². The Balaban J connectivity index is 2.99. The quantitative estimate of drug-likeness (QED) is 0.570. The molecular formula is C6H5NS2. The molecule has 0 aliphatic rings. The smallest absolute Gasteiger partial charge is 0.0659 e. The molecule has 0 aliphatic heterocycles. The van der Waals surface area contributed by atoms with Crippen LogP contribution in [-0.4, -0.2) is 4.37 Å². The van der Waals surface area contributed by atoms with Crippen molar-refractivity contribution in [1.82, 2.24) is 4.37 Å². The number of nitrogens with zero attached hydrogens (tertiary/aromatic N) is 1. The zero-order valence-corrected chi connectivity index (χ0v) is 6.55. The summed E-state index contributed by atoms with van der Waals surface area (Å²) in [6.45, 7) is 2.05. The van der Waals surface area contributed by atoms with Crippen molar-refractivity contribution in [1.29, 1.82) is 0 Å². The first-order valence-corrected chi connectivity index (χ1v) is 4.38. The van der Waals surface area contributed by atoms with E-state index in [0.717, 1.165) is 5.69 Å². The first-order chi connectivity index (χ1) is 4.38. The van der Waals surface area contributed by atoms with Gasteiger partial charge < -0.3 is 0 Å². The Morgan fingerprint density at radius 2 is 2.33 bits per heavy atom. The minimum Gasteiger partial charge on any atom is -0.197 e. The van der Waals surface area contributed by atoms with E-state index in [1.54, 1.807) is 22.9 Å². The summed E-state index contributed by atoms with van der Waals surface area (Å²) in [7, 11) is 0. The van der Waals surface area contributed by atoms with Crippen LogP contribution in [0.4, 0.5) is 0 Å². The van der Waals surface area contributed by atoms with Gasteiger partial charge in [-0.2, -0.15) is 15.7 Å². The maximum atomic E-state index is 4.20. The summed E-state index contributed by atoms with van der Waals surface area (Å²) in [6.07, 6.45) is 0. The summed E-state index contributed by atoms with van der Waals surface area (Å²) in [6, 6.07) is 0. The van der Waals surface area contributed by atoms with Gasteiger partial charge in [0.15, 0.2) is 0 Å². The summed E-state index contributed by atoms with van der Waals surface area (Å²) in [5.41, 5.74) is 1.16. The highest BCUT2D eigenvalue weighted by molar-refractivity contribution is 7.18. The minimum atomic E-state index is 1.16. The fourth-order valence-electron chi connectivity index (χ4n) is 0.786. The van der Waals surface area contributed by atoms with Gasteiger partial charge >= 0.3 is 0 Å². The first-order valence-electron chi connectivity index (χ1n) is 2.66. The molecule has 3 heteroatoms. The zero-order valence-electron chi connectivity index (χ0n) is 4.92. The Hall–Kier alpha value is -0.410. The van der Waals surface area contributed by atoms with Gasteiger partial charge in [0.05, 0.1) is 10.4 Å². The lowest BCUT2D eigenvalue weighted by molar-refractivity contribution is 1.38. The van der Waals surface area contributed by atoms with Gasteiger partial charge in [-0.25, -0.2) is 0 Å². The molecule has 0 saturated carbocycles. The molecule has 9 heavy (non-hydrogen) atoms. The summed E-state index contributed by atoms with van der Waals surface area (Å²) >= 11 is 3.33. The normalized spacial score (nSPS) is 10.8. The standard InChI is InChI=1S/C6H5NS2/c1-4-5-2-8-3-6(5)9-7-4/h2-3H,1H3. The average Bonchev–Trinajstić information content (AvgIpc) is 2.35. The van der Waals surface area contributed by atoms with Crippen molar-refractivity contribution in [2.45, 2.75) is 6.92 Å². The number of thiophene rings is 1. The van der Waals surface area contributed by atoms with Crippen LogP contribution >= 0.6 is 22.9 Å². The number of rotatable bonds is 0. The lowest BCUT2D eigenvalue weighted by Crippen LogP contribution is -1.62. The second-order valence-corrected chi connectivity index (χ2v) is 3.47. The highest BCUT2D eigenvalue weighted by atomic mass is 32.1. The highest BCUT2D eigenvalue weighted by Crippen LogP contribution is 2.25. The maximum absolute atomic E-state index is 4.20. The largest absolute Gasteiger partial charge is 0.197 e. The highest BCUT2D eigenvalue weighted by Gasteiger charge is 1.99. The van der Waals surface area contributed by atoms with Crippen molar-refractivity contribution in [2.75, 3.05) is 0 Å². The van der Waals surface area contributed by atoms with Gasteiger partial charge in [0, 0.05) is 16.1 Å². The van der Waals surface area contributed by atoms with Crippen molar-refractivity contribution in [2.24, 2.45) is 0 Å².